The first kappa shape index (κ1) is 21.3. The Hall–Kier alpha value is -0.0300. The topological polar surface area (TPSA) is 58.4 Å². The molecule has 3 N–H and O–H groups in total. The Morgan fingerprint density at radius 2 is 1.79 bits per heavy atom. The quantitative estimate of drug-likeness (QED) is 0.786. The second-order valence-electron chi connectivity index (χ2n) is 5.43. The van der Waals surface area contributed by atoms with E-state index in [0.717, 1.165) is 19.5 Å². The monoisotopic (exact) mass is 313 g/mol. The third kappa shape index (κ3) is 9.50. The number of carbonyl (C=O) groups is 1. The fraction of sp³-hybridized carbons (Fsp3) is 0.923. The van der Waals surface area contributed by atoms with Crippen LogP contribution in [0.4, 0.5) is 0 Å². The van der Waals surface area contributed by atoms with Crippen molar-refractivity contribution in [2.45, 2.75) is 45.6 Å². The molecule has 0 spiro atoms. The highest BCUT2D eigenvalue weighted by molar-refractivity contribution is 5.85. The van der Waals surface area contributed by atoms with Crippen LogP contribution in [0.5, 0.6) is 0 Å². The van der Waals surface area contributed by atoms with Gasteiger partial charge in [-0.05, 0) is 38.3 Å². The number of nitrogens with two attached hydrogens (primary N) is 1. The molecule has 1 aliphatic heterocycles. The minimum Gasteiger partial charge on any atom is -0.353 e. The molecule has 1 amide bonds. The number of rotatable bonds is 6. The molecule has 6 heteroatoms. The van der Waals surface area contributed by atoms with Crippen molar-refractivity contribution >= 4 is 30.7 Å². The van der Waals surface area contributed by atoms with E-state index in [1.165, 1.54) is 32.4 Å². The number of amides is 1. The summed E-state index contributed by atoms with van der Waals surface area (Å²) in [4.78, 5) is 14.1. The molecule has 0 aromatic carbocycles. The predicted octanol–water partition coefficient (Wildman–Crippen LogP) is 1.81. The summed E-state index contributed by atoms with van der Waals surface area (Å²) in [5.74, 6) is 0.466. The van der Waals surface area contributed by atoms with Crippen LogP contribution in [0.2, 0.25) is 0 Å². The van der Waals surface area contributed by atoms with Crippen molar-refractivity contribution in [1.29, 1.82) is 0 Å². The van der Waals surface area contributed by atoms with E-state index >= 15 is 0 Å². The van der Waals surface area contributed by atoms with E-state index in [0.29, 0.717) is 5.92 Å². The molecular formula is C13H29Cl2N3O. The third-order valence-corrected chi connectivity index (χ3v) is 3.24. The van der Waals surface area contributed by atoms with Gasteiger partial charge in [0, 0.05) is 13.1 Å². The van der Waals surface area contributed by atoms with Gasteiger partial charge in [-0.25, -0.2) is 0 Å². The van der Waals surface area contributed by atoms with Gasteiger partial charge < -0.3 is 16.0 Å². The summed E-state index contributed by atoms with van der Waals surface area (Å²) in [5, 5.41) is 2.93. The number of hydrogen-bond donors (Lipinski definition) is 2. The van der Waals surface area contributed by atoms with Crippen molar-refractivity contribution in [2.75, 3.05) is 26.2 Å². The first-order chi connectivity index (χ1) is 8.09. The lowest BCUT2D eigenvalue weighted by atomic mass is 10.0. The van der Waals surface area contributed by atoms with Crippen LogP contribution in [0, 0.1) is 5.92 Å². The molecule has 0 aliphatic carbocycles. The highest BCUT2D eigenvalue weighted by atomic mass is 35.5. The molecule has 0 radical (unpaired) electrons. The van der Waals surface area contributed by atoms with Gasteiger partial charge in [0.1, 0.15) is 0 Å². The molecule has 1 atom stereocenters. The number of halogens is 2. The summed E-state index contributed by atoms with van der Waals surface area (Å²) >= 11 is 0. The van der Waals surface area contributed by atoms with Gasteiger partial charge in [0.15, 0.2) is 0 Å². The summed E-state index contributed by atoms with van der Waals surface area (Å²) in [5.41, 5.74) is 5.81. The molecule has 1 aliphatic rings. The summed E-state index contributed by atoms with van der Waals surface area (Å²) in [7, 11) is 0. The van der Waals surface area contributed by atoms with Crippen LogP contribution in [0.3, 0.4) is 0 Å². The van der Waals surface area contributed by atoms with Crippen molar-refractivity contribution in [2.24, 2.45) is 11.7 Å². The van der Waals surface area contributed by atoms with Gasteiger partial charge in [-0.15, -0.1) is 24.8 Å². The van der Waals surface area contributed by atoms with Gasteiger partial charge in [-0.3, -0.25) is 4.79 Å². The average molecular weight is 314 g/mol. The average Bonchev–Trinajstić information content (AvgIpc) is 2.29. The molecular weight excluding hydrogens is 285 g/mol. The minimum absolute atomic E-state index is 0. The number of nitrogens with one attached hydrogen (secondary N) is 1. The zero-order chi connectivity index (χ0) is 12.7. The second kappa shape index (κ2) is 11.8. The lowest BCUT2D eigenvalue weighted by Gasteiger charge is -2.26. The molecule has 0 saturated carbocycles. The first-order valence-corrected chi connectivity index (χ1v) is 6.85. The molecule has 0 unspecified atom stereocenters. The Labute approximate surface area is 129 Å². The number of likely N-dealkylation sites (tertiary alicyclic amines) is 1. The van der Waals surface area contributed by atoms with E-state index in [1.807, 2.05) is 0 Å². The largest absolute Gasteiger partial charge is 0.353 e. The fourth-order valence-electron chi connectivity index (χ4n) is 2.27. The maximum absolute atomic E-state index is 11.7. The Morgan fingerprint density at radius 3 is 2.32 bits per heavy atom. The van der Waals surface area contributed by atoms with Crippen molar-refractivity contribution in [1.82, 2.24) is 10.2 Å². The van der Waals surface area contributed by atoms with Gasteiger partial charge in [0.2, 0.25) is 5.91 Å². The van der Waals surface area contributed by atoms with Crippen molar-refractivity contribution < 1.29 is 4.79 Å². The van der Waals surface area contributed by atoms with Crippen LogP contribution in [-0.4, -0.2) is 43.0 Å². The molecule has 0 aromatic rings. The Kier molecular flexibility index (Phi) is 13.2. The second-order valence-corrected chi connectivity index (χ2v) is 5.43. The molecule has 4 nitrogen and oxygen atoms in total. The van der Waals surface area contributed by atoms with Gasteiger partial charge >= 0.3 is 0 Å². The summed E-state index contributed by atoms with van der Waals surface area (Å²) in [6, 6.07) is -0.351. The number of nitrogens with zero attached hydrogens (tertiary/aromatic N) is 1. The highest BCUT2D eigenvalue weighted by Gasteiger charge is 2.15. The lowest BCUT2D eigenvalue weighted by Crippen LogP contribution is -2.44. The van der Waals surface area contributed by atoms with E-state index in [2.05, 4.69) is 24.1 Å². The van der Waals surface area contributed by atoms with Crippen molar-refractivity contribution in [3.8, 4) is 0 Å². The molecule has 0 aromatic heterocycles. The van der Waals surface area contributed by atoms with E-state index in [9.17, 15) is 4.79 Å². The van der Waals surface area contributed by atoms with Crippen molar-refractivity contribution in [3.05, 3.63) is 0 Å². The van der Waals surface area contributed by atoms with Gasteiger partial charge in [0.25, 0.3) is 0 Å². The first-order valence-electron chi connectivity index (χ1n) is 6.85. The fourth-order valence-corrected chi connectivity index (χ4v) is 2.27. The molecule has 0 bridgehead atoms. The normalized spacial score (nSPS) is 17.3. The molecule has 1 rings (SSSR count). The van der Waals surface area contributed by atoms with Crippen LogP contribution in [-0.2, 0) is 4.79 Å². The van der Waals surface area contributed by atoms with E-state index in [-0.39, 0.29) is 36.8 Å². The van der Waals surface area contributed by atoms with Crippen molar-refractivity contribution in [3.63, 3.8) is 0 Å². The van der Waals surface area contributed by atoms with E-state index in [4.69, 9.17) is 5.73 Å². The third-order valence-electron chi connectivity index (χ3n) is 3.24. The molecule has 19 heavy (non-hydrogen) atoms. The zero-order valence-corrected chi connectivity index (χ0v) is 13.7. The molecule has 1 heterocycles. The number of piperidine rings is 1. The van der Waals surface area contributed by atoms with Crippen LogP contribution in [0.15, 0.2) is 0 Å². The SMILES string of the molecule is CC(C)C[C@H](N)C(=O)NCCN1CCCCC1.Cl.Cl. The summed E-state index contributed by atoms with van der Waals surface area (Å²) in [6.07, 6.45) is 4.69. The van der Waals surface area contributed by atoms with Crippen LogP contribution in [0.25, 0.3) is 0 Å². The van der Waals surface area contributed by atoms with Crippen LogP contribution in [0.1, 0.15) is 39.5 Å². The lowest BCUT2D eigenvalue weighted by molar-refractivity contribution is -0.122. The summed E-state index contributed by atoms with van der Waals surface area (Å²) in [6.45, 7) is 8.20. The van der Waals surface area contributed by atoms with Crippen LogP contribution >= 0.6 is 24.8 Å². The van der Waals surface area contributed by atoms with Crippen LogP contribution < -0.4 is 11.1 Å². The molecule has 1 saturated heterocycles. The smallest absolute Gasteiger partial charge is 0.236 e. The van der Waals surface area contributed by atoms with E-state index < -0.39 is 0 Å². The molecule has 1 fully saturated rings. The van der Waals surface area contributed by atoms with Gasteiger partial charge in [-0.2, -0.15) is 0 Å². The van der Waals surface area contributed by atoms with Gasteiger partial charge in [-0.1, -0.05) is 20.3 Å². The zero-order valence-electron chi connectivity index (χ0n) is 12.1. The Morgan fingerprint density at radius 1 is 1.21 bits per heavy atom. The highest BCUT2D eigenvalue weighted by Crippen LogP contribution is 2.07. The molecule has 116 valence electrons. The standard InChI is InChI=1S/C13H27N3O.2ClH/c1-11(2)10-12(14)13(17)15-6-9-16-7-4-3-5-8-16;;/h11-12H,3-10,14H2,1-2H3,(H,15,17);2*1H/t12-;;/m0../s1. The maximum Gasteiger partial charge on any atom is 0.236 e. The maximum atomic E-state index is 11.7. The predicted molar refractivity (Wildman–Crippen MR) is 85.2 cm³/mol. The van der Waals surface area contributed by atoms with Gasteiger partial charge in [0.05, 0.1) is 6.04 Å². The minimum atomic E-state index is -0.351. The Balaban J connectivity index is 0. The summed E-state index contributed by atoms with van der Waals surface area (Å²) < 4.78 is 0. The van der Waals surface area contributed by atoms with E-state index in [1.54, 1.807) is 0 Å². The number of hydrogen-bond acceptors (Lipinski definition) is 3. The number of carbonyl (C=O) groups excluding carboxylic acids is 1. The Bertz CT molecular complexity index is 234.